The molecular formula is C26H29N2O5+. The maximum Gasteiger partial charge on any atom is 0.290 e. The number of carbonyl (C=O) groups excluding carboxylic acids is 1. The lowest BCUT2D eigenvalue weighted by Gasteiger charge is -2.27. The van der Waals surface area contributed by atoms with E-state index in [4.69, 9.17) is 13.9 Å². The Kier molecular flexibility index (Phi) is 5.91. The molecule has 2 aliphatic rings. The normalized spacial score (nSPS) is 18.7. The number of carbonyl (C=O) groups is 1. The molecule has 0 aliphatic carbocycles. The first-order valence-corrected chi connectivity index (χ1v) is 11.5. The second kappa shape index (κ2) is 9.00. The van der Waals surface area contributed by atoms with E-state index >= 15 is 0 Å². The molecule has 1 fully saturated rings. The zero-order valence-electron chi connectivity index (χ0n) is 19.1. The number of hydrogen-bond acceptors (Lipinski definition) is 5. The first-order valence-electron chi connectivity index (χ1n) is 11.5. The number of nitrogens with zero attached hydrogens (tertiary/aromatic N) is 1. The molecule has 1 N–H and O–H groups in total. The SMILES string of the molecule is COc1cccc(C2c3c(oc4ccc(C)cc4c3=O)C(=O)N2CCC[NH+]2CCOCC2)c1. The van der Waals surface area contributed by atoms with Crippen LogP contribution in [0.3, 0.4) is 0 Å². The van der Waals surface area contributed by atoms with Crippen LogP contribution in [0, 0.1) is 6.92 Å². The molecule has 0 bridgehead atoms. The van der Waals surface area contributed by atoms with Crippen molar-refractivity contribution in [1.82, 2.24) is 4.90 Å². The van der Waals surface area contributed by atoms with E-state index in [1.807, 2.05) is 43.3 Å². The summed E-state index contributed by atoms with van der Waals surface area (Å²) in [5.74, 6) is 0.615. The molecule has 1 aromatic heterocycles. The van der Waals surface area contributed by atoms with Crippen LogP contribution in [0.2, 0.25) is 0 Å². The molecule has 3 aromatic rings. The van der Waals surface area contributed by atoms with Crippen LogP contribution in [0.5, 0.6) is 5.75 Å². The van der Waals surface area contributed by atoms with Gasteiger partial charge in [0.1, 0.15) is 24.4 Å². The fraction of sp³-hybridized carbons (Fsp3) is 0.385. The van der Waals surface area contributed by atoms with Crippen molar-refractivity contribution in [2.24, 2.45) is 0 Å². The van der Waals surface area contributed by atoms with Crippen LogP contribution in [0.15, 0.2) is 51.7 Å². The van der Waals surface area contributed by atoms with Gasteiger partial charge in [0.05, 0.1) is 43.9 Å². The molecule has 0 radical (unpaired) electrons. The fourth-order valence-corrected chi connectivity index (χ4v) is 4.93. The molecular weight excluding hydrogens is 420 g/mol. The van der Waals surface area contributed by atoms with Gasteiger partial charge >= 0.3 is 0 Å². The molecule has 2 aromatic carbocycles. The van der Waals surface area contributed by atoms with Crippen LogP contribution in [0.1, 0.15) is 39.7 Å². The van der Waals surface area contributed by atoms with Crippen molar-refractivity contribution in [2.45, 2.75) is 19.4 Å². The Morgan fingerprint density at radius 3 is 2.73 bits per heavy atom. The number of ether oxygens (including phenoxy) is 2. The Hall–Kier alpha value is -3.16. The predicted molar refractivity (Wildman–Crippen MR) is 124 cm³/mol. The van der Waals surface area contributed by atoms with E-state index in [2.05, 4.69) is 0 Å². The monoisotopic (exact) mass is 449 g/mol. The quantitative estimate of drug-likeness (QED) is 0.623. The molecule has 1 amide bonds. The Bertz CT molecular complexity index is 1250. The van der Waals surface area contributed by atoms with Crippen LogP contribution in [-0.4, -0.2) is 57.3 Å². The van der Waals surface area contributed by atoms with Gasteiger partial charge in [0, 0.05) is 13.0 Å². The summed E-state index contributed by atoms with van der Waals surface area (Å²) in [7, 11) is 1.61. The Labute approximate surface area is 192 Å². The summed E-state index contributed by atoms with van der Waals surface area (Å²) in [4.78, 5) is 30.4. The van der Waals surface area contributed by atoms with Crippen molar-refractivity contribution in [3.05, 3.63) is 75.1 Å². The minimum atomic E-state index is -0.497. The van der Waals surface area contributed by atoms with Gasteiger partial charge in [-0.1, -0.05) is 23.8 Å². The first kappa shape index (κ1) is 21.7. The highest BCUT2D eigenvalue weighted by molar-refractivity contribution is 5.99. The summed E-state index contributed by atoms with van der Waals surface area (Å²) >= 11 is 0. The molecule has 5 rings (SSSR count). The molecule has 33 heavy (non-hydrogen) atoms. The molecule has 7 heteroatoms. The zero-order valence-corrected chi connectivity index (χ0v) is 19.1. The molecule has 3 heterocycles. The summed E-state index contributed by atoms with van der Waals surface area (Å²) in [5.41, 5.74) is 2.55. The average molecular weight is 450 g/mol. The van der Waals surface area contributed by atoms with Crippen molar-refractivity contribution in [2.75, 3.05) is 46.5 Å². The van der Waals surface area contributed by atoms with Gasteiger partial charge in [-0.05, 0) is 36.8 Å². The number of aryl methyl sites for hydroxylation is 1. The van der Waals surface area contributed by atoms with E-state index in [1.54, 1.807) is 18.1 Å². The topological polar surface area (TPSA) is 73.4 Å². The predicted octanol–water partition coefficient (Wildman–Crippen LogP) is 1.96. The Morgan fingerprint density at radius 1 is 1.12 bits per heavy atom. The van der Waals surface area contributed by atoms with Crippen LogP contribution in [-0.2, 0) is 4.74 Å². The largest absolute Gasteiger partial charge is 0.497 e. The third-order valence-corrected chi connectivity index (χ3v) is 6.66. The minimum Gasteiger partial charge on any atom is -0.497 e. The second-order valence-electron chi connectivity index (χ2n) is 8.82. The number of morpholine rings is 1. The number of amides is 1. The summed E-state index contributed by atoms with van der Waals surface area (Å²) < 4.78 is 16.9. The molecule has 1 unspecified atom stereocenters. The third kappa shape index (κ3) is 4.03. The smallest absolute Gasteiger partial charge is 0.290 e. The van der Waals surface area contributed by atoms with Gasteiger partial charge in [-0.2, -0.15) is 0 Å². The van der Waals surface area contributed by atoms with E-state index in [1.165, 1.54) is 4.90 Å². The van der Waals surface area contributed by atoms with Crippen LogP contribution >= 0.6 is 0 Å². The number of benzene rings is 2. The number of quaternary nitrogens is 1. The maximum absolute atomic E-state index is 13.6. The summed E-state index contributed by atoms with van der Waals surface area (Å²) in [6.45, 7) is 6.97. The van der Waals surface area contributed by atoms with Gasteiger partial charge in [-0.3, -0.25) is 9.59 Å². The highest BCUT2D eigenvalue weighted by atomic mass is 16.5. The van der Waals surface area contributed by atoms with E-state index in [0.717, 1.165) is 50.4 Å². The van der Waals surface area contributed by atoms with Gasteiger partial charge in [-0.25, -0.2) is 0 Å². The van der Waals surface area contributed by atoms with E-state index < -0.39 is 6.04 Å². The standard InChI is InChI=1S/C26H28N2O5/c1-17-7-8-21-20(15-17)24(29)22-23(18-5-3-6-19(16-18)31-2)28(26(30)25(22)33-21)10-4-9-27-11-13-32-14-12-27/h3,5-8,15-16,23H,4,9-14H2,1-2H3/p+1. The highest BCUT2D eigenvalue weighted by Gasteiger charge is 2.42. The highest BCUT2D eigenvalue weighted by Crippen LogP contribution is 2.39. The van der Waals surface area contributed by atoms with Crippen LogP contribution in [0.4, 0.5) is 0 Å². The third-order valence-electron chi connectivity index (χ3n) is 6.66. The lowest BCUT2D eigenvalue weighted by molar-refractivity contribution is -0.908. The average Bonchev–Trinajstić information content (AvgIpc) is 3.12. The van der Waals surface area contributed by atoms with Crippen LogP contribution < -0.4 is 15.1 Å². The molecule has 172 valence electrons. The second-order valence-corrected chi connectivity index (χ2v) is 8.82. The minimum absolute atomic E-state index is 0.141. The lowest BCUT2D eigenvalue weighted by Crippen LogP contribution is -3.14. The van der Waals surface area contributed by atoms with Crippen molar-refractivity contribution >= 4 is 16.9 Å². The molecule has 0 spiro atoms. The fourth-order valence-electron chi connectivity index (χ4n) is 4.93. The van der Waals surface area contributed by atoms with Gasteiger partial charge in [0.25, 0.3) is 5.91 Å². The van der Waals surface area contributed by atoms with Crippen LogP contribution in [0.25, 0.3) is 11.0 Å². The number of rotatable bonds is 6. The molecule has 1 saturated heterocycles. The number of fused-ring (bicyclic) bond motifs is 2. The molecule has 1 atom stereocenters. The molecule has 2 aliphatic heterocycles. The molecule has 0 saturated carbocycles. The zero-order chi connectivity index (χ0) is 22.9. The summed E-state index contributed by atoms with van der Waals surface area (Å²) in [6, 6.07) is 12.6. The van der Waals surface area contributed by atoms with E-state index in [0.29, 0.717) is 28.8 Å². The molecule has 7 nitrogen and oxygen atoms in total. The lowest BCUT2D eigenvalue weighted by atomic mass is 9.98. The van der Waals surface area contributed by atoms with Gasteiger partial charge < -0.3 is 23.7 Å². The van der Waals surface area contributed by atoms with Gasteiger partial charge in [0.2, 0.25) is 5.76 Å². The number of hydrogen-bond donors (Lipinski definition) is 1. The van der Waals surface area contributed by atoms with Gasteiger partial charge in [-0.15, -0.1) is 0 Å². The van der Waals surface area contributed by atoms with Crippen molar-refractivity contribution in [1.29, 1.82) is 0 Å². The van der Waals surface area contributed by atoms with E-state index in [9.17, 15) is 9.59 Å². The number of methoxy groups -OCH3 is 1. The van der Waals surface area contributed by atoms with Crippen molar-refractivity contribution in [3.8, 4) is 5.75 Å². The van der Waals surface area contributed by atoms with Gasteiger partial charge in [0.15, 0.2) is 5.43 Å². The van der Waals surface area contributed by atoms with E-state index in [-0.39, 0.29) is 17.1 Å². The Morgan fingerprint density at radius 2 is 1.94 bits per heavy atom. The first-order chi connectivity index (χ1) is 16.1. The summed E-state index contributed by atoms with van der Waals surface area (Å²) in [6.07, 6.45) is 0.836. The van der Waals surface area contributed by atoms with Crippen molar-refractivity contribution in [3.63, 3.8) is 0 Å². The number of nitrogens with one attached hydrogen (secondary N) is 1. The Balaban J connectivity index is 1.55. The van der Waals surface area contributed by atoms with Crippen molar-refractivity contribution < 1.29 is 23.6 Å². The maximum atomic E-state index is 13.6. The summed E-state index contributed by atoms with van der Waals surface area (Å²) in [5, 5.41) is 0.508.